The van der Waals surface area contributed by atoms with Gasteiger partial charge in [0.1, 0.15) is 17.4 Å². The van der Waals surface area contributed by atoms with E-state index in [0.717, 1.165) is 0 Å². The molecule has 8 nitrogen and oxygen atoms in total. The molecule has 0 fully saturated rings. The Bertz CT molecular complexity index is 730. The van der Waals surface area contributed by atoms with Crippen LogP contribution in [-0.2, 0) is 0 Å². The van der Waals surface area contributed by atoms with E-state index in [0.29, 0.717) is 23.6 Å². The Hall–Kier alpha value is -3.21. The molecule has 8 heteroatoms. The summed E-state index contributed by atoms with van der Waals surface area (Å²) in [5, 5.41) is 25.2. The van der Waals surface area contributed by atoms with Crippen LogP contribution >= 0.6 is 0 Å². The van der Waals surface area contributed by atoms with E-state index in [4.69, 9.17) is 10.00 Å². The number of ketones is 1. The fourth-order valence-electron chi connectivity index (χ4n) is 1.72. The lowest BCUT2D eigenvalue weighted by Crippen LogP contribution is -2.01. The van der Waals surface area contributed by atoms with E-state index in [1.54, 1.807) is 18.2 Å². The summed E-state index contributed by atoms with van der Waals surface area (Å²) < 4.78 is 5.49. The zero-order valence-electron chi connectivity index (χ0n) is 12.1. The van der Waals surface area contributed by atoms with Crippen molar-refractivity contribution in [3.8, 4) is 11.8 Å². The van der Waals surface area contributed by atoms with Crippen molar-refractivity contribution < 1.29 is 9.53 Å². The fraction of sp³-hybridized carbons (Fsp3) is 0.214. The monoisotopic (exact) mass is 298 g/mol. The lowest BCUT2D eigenvalue weighted by Gasteiger charge is -2.11. The van der Waals surface area contributed by atoms with Crippen LogP contribution in [0.1, 0.15) is 30.0 Å². The highest BCUT2D eigenvalue weighted by atomic mass is 16.5. The van der Waals surface area contributed by atoms with Crippen molar-refractivity contribution >= 4 is 17.0 Å². The minimum absolute atomic E-state index is 0.0613. The molecule has 2 N–H and O–H groups in total. The zero-order chi connectivity index (χ0) is 15.9. The first-order chi connectivity index (χ1) is 10.7. The van der Waals surface area contributed by atoms with Crippen molar-refractivity contribution in [1.29, 1.82) is 5.26 Å². The van der Waals surface area contributed by atoms with Gasteiger partial charge in [0.2, 0.25) is 5.82 Å². The molecule has 0 amide bonds. The molecule has 0 radical (unpaired) electrons. The van der Waals surface area contributed by atoms with Crippen LogP contribution in [0.3, 0.4) is 0 Å². The lowest BCUT2D eigenvalue weighted by atomic mass is 10.1. The summed E-state index contributed by atoms with van der Waals surface area (Å²) in [5.41, 5.74) is 1.31. The highest BCUT2D eigenvalue weighted by Crippen LogP contribution is 2.26. The van der Waals surface area contributed by atoms with Crippen molar-refractivity contribution in [3.05, 3.63) is 35.8 Å². The van der Waals surface area contributed by atoms with Crippen molar-refractivity contribution in [1.82, 2.24) is 20.6 Å². The number of nitrogens with one attached hydrogen (secondary N) is 2. The van der Waals surface area contributed by atoms with Crippen LogP contribution in [0.25, 0.3) is 5.57 Å². The number of aromatic amines is 1. The van der Waals surface area contributed by atoms with Crippen LogP contribution in [-0.4, -0.2) is 33.0 Å². The Morgan fingerprint density at radius 2 is 2.36 bits per heavy atom. The average molecular weight is 298 g/mol. The predicted octanol–water partition coefficient (Wildman–Crippen LogP) is 1.78. The molecule has 0 spiro atoms. The van der Waals surface area contributed by atoms with Gasteiger partial charge in [-0.3, -0.25) is 4.79 Å². The second-order valence-electron chi connectivity index (χ2n) is 4.25. The molecule has 0 atom stereocenters. The first-order valence-corrected chi connectivity index (χ1v) is 6.54. The van der Waals surface area contributed by atoms with Gasteiger partial charge < -0.3 is 10.1 Å². The number of allylic oxidation sites excluding steroid dienone is 1. The SMILES string of the molecule is CCOc1ccc(C(C)=O)cc1NC=C(C#N)c1nn[nH]n1. The van der Waals surface area contributed by atoms with Gasteiger partial charge in [0.25, 0.3) is 0 Å². The van der Waals surface area contributed by atoms with E-state index < -0.39 is 0 Å². The number of hydrogen-bond donors (Lipinski definition) is 2. The summed E-state index contributed by atoms with van der Waals surface area (Å²) in [6.45, 7) is 3.82. The molecule has 0 aliphatic rings. The number of rotatable bonds is 6. The van der Waals surface area contributed by atoms with E-state index in [-0.39, 0.29) is 17.2 Å². The maximum absolute atomic E-state index is 11.5. The normalized spacial score (nSPS) is 10.9. The average Bonchev–Trinajstić information content (AvgIpc) is 3.03. The molecule has 0 bridgehead atoms. The molecule has 0 unspecified atom stereocenters. The number of ether oxygens (including phenoxy) is 1. The molecule has 1 aromatic carbocycles. The first-order valence-electron chi connectivity index (χ1n) is 6.54. The van der Waals surface area contributed by atoms with Crippen LogP contribution in [0.5, 0.6) is 5.75 Å². The number of hydrogen-bond acceptors (Lipinski definition) is 7. The fourth-order valence-corrected chi connectivity index (χ4v) is 1.72. The van der Waals surface area contributed by atoms with Crippen molar-refractivity contribution in [2.75, 3.05) is 11.9 Å². The minimum Gasteiger partial charge on any atom is -0.492 e. The summed E-state index contributed by atoms with van der Waals surface area (Å²) in [6.07, 6.45) is 1.44. The summed E-state index contributed by atoms with van der Waals surface area (Å²) in [4.78, 5) is 11.5. The van der Waals surface area contributed by atoms with Crippen LogP contribution < -0.4 is 10.1 Å². The smallest absolute Gasteiger partial charge is 0.216 e. The summed E-state index contributed by atoms with van der Waals surface area (Å²) in [7, 11) is 0. The van der Waals surface area contributed by atoms with Gasteiger partial charge in [0, 0.05) is 11.8 Å². The topological polar surface area (TPSA) is 117 Å². The molecule has 1 aromatic heterocycles. The van der Waals surface area contributed by atoms with Crippen LogP contribution in [0.4, 0.5) is 5.69 Å². The highest BCUT2D eigenvalue weighted by Gasteiger charge is 2.09. The lowest BCUT2D eigenvalue weighted by molar-refractivity contribution is 0.101. The van der Waals surface area contributed by atoms with E-state index in [1.807, 2.05) is 13.0 Å². The molecular formula is C14H14N6O2. The van der Waals surface area contributed by atoms with Crippen molar-refractivity contribution in [2.24, 2.45) is 0 Å². The third-order valence-electron chi connectivity index (χ3n) is 2.76. The second-order valence-corrected chi connectivity index (χ2v) is 4.25. The first kappa shape index (κ1) is 15.2. The highest BCUT2D eigenvalue weighted by molar-refractivity contribution is 5.95. The van der Waals surface area contributed by atoms with E-state index in [9.17, 15) is 4.79 Å². The van der Waals surface area contributed by atoms with E-state index in [1.165, 1.54) is 13.1 Å². The number of benzene rings is 1. The predicted molar refractivity (Wildman–Crippen MR) is 79.0 cm³/mol. The standard InChI is InChI=1S/C14H14N6O2/c1-3-22-13-5-4-10(9(2)21)6-12(13)16-8-11(7-15)14-17-19-20-18-14/h4-6,8,16H,3H2,1-2H3,(H,17,18,19,20). The van der Waals surface area contributed by atoms with Gasteiger partial charge in [-0.05, 0) is 37.3 Å². The van der Waals surface area contributed by atoms with Gasteiger partial charge in [0.05, 0.1) is 12.3 Å². The molecule has 112 valence electrons. The number of anilines is 1. The second kappa shape index (κ2) is 6.99. The number of carbonyl (C=O) groups is 1. The Morgan fingerprint density at radius 3 is 2.95 bits per heavy atom. The maximum Gasteiger partial charge on any atom is 0.216 e. The minimum atomic E-state index is -0.0613. The Balaban J connectivity index is 2.32. The molecule has 2 rings (SSSR count). The molecule has 2 aromatic rings. The Labute approximate surface area is 126 Å². The quantitative estimate of drug-likeness (QED) is 0.616. The Morgan fingerprint density at radius 1 is 1.55 bits per heavy atom. The zero-order valence-corrected chi connectivity index (χ0v) is 12.1. The summed E-state index contributed by atoms with van der Waals surface area (Å²) >= 11 is 0. The van der Waals surface area contributed by atoms with Gasteiger partial charge in [-0.25, -0.2) is 0 Å². The van der Waals surface area contributed by atoms with Gasteiger partial charge in [0.15, 0.2) is 5.78 Å². The summed E-state index contributed by atoms with van der Waals surface area (Å²) in [6, 6.07) is 7.02. The maximum atomic E-state index is 11.5. The van der Waals surface area contributed by atoms with Gasteiger partial charge in [-0.15, -0.1) is 10.2 Å². The molecule has 0 aliphatic heterocycles. The third-order valence-corrected chi connectivity index (χ3v) is 2.76. The number of nitrogens with zero attached hydrogens (tertiary/aromatic N) is 4. The largest absolute Gasteiger partial charge is 0.492 e. The number of aromatic nitrogens is 4. The number of Topliss-reactive ketones (excluding diaryl/α,β-unsaturated/α-hetero) is 1. The van der Waals surface area contributed by atoms with E-state index >= 15 is 0 Å². The van der Waals surface area contributed by atoms with Gasteiger partial charge in [-0.1, -0.05) is 0 Å². The molecule has 0 saturated carbocycles. The van der Waals surface area contributed by atoms with Gasteiger partial charge >= 0.3 is 0 Å². The van der Waals surface area contributed by atoms with Crippen LogP contribution in [0.15, 0.2) is 24.4 Å². The Kier molecular flexibility index (Phi) is 4.82. The number of tetrazole rings is 1. The van der Waals surface area contributed by atoms with Crippen molar-refractivity contribution in [2.45, 2.75) is 13.8 Å². The molecule has 0 aliphatic carbocycles. The third kappa shape index (κ3) is 3.46. The summed E-state index contributed by atoms with van der Waals surface area (Å²) in [5.74, 6) is 0.693. The van der Waals surface area contributed by atoms with E-state index in [2.05, 4.69) is 25.9 Å². The van der Waals surface area contributed by atoms with Gasteiger partial charge in [-0.2, -0.15) is 10.5 Å². The molecule has 1 heterocycles. The molecule has 22 heavy (non-hydrogen) atoms. The van der Waals surface area contributed by atoms with Crippen LogP contribution in [0, 0.1) is 11.3 Å². The molecular weight excluding hydrogens is 284 g/mol. The molecule has 0 saturated heterocycles. The number of nitriles is 1. The number of H-pyrrole nitrogens is 1. The number of carbonyl (C=O) groups excluding carboxylic acids is 1. The van der Waals surface area contributed by atoms with Crippen LogP contribution in [0.2, 0.25) is 0 Å². The van der Waals surface area contributed by atoms with Crippen molar-refractivity contribution in [3.63, 3.8) is 0 Å².